The molecule has 1 N–H and O–H groups in total. The number of carbonyl (C=O) groups is 1. The summed E-state index contributed by atoms with van der Waals surface area (Å²) >= 11 is 0. The van der Waals surface area contributed by atoms with Crippen LogP contribution in [0.3, 0.4) is 0 Å². The topological polar surface area (TPSA) is 46.5 Å². The van der Waals surface area contributed by atoms with E-state index in [0.717, 1.165) is 11.1 Å². The first-order valence-electron chi connectivity index (χ1n) is 6.70. The Labute approximate surface area is 123 Å². The molecule has 0 amide bonds. The molecule has 0 atom stereocenters. The van der Waals surface area contributed by atoms with Crippen LogP contribution in [0.1, 0.15) is 52.7 Å². The molecule has 0 heterocycles. The molecule has 0 saturated heterocycles. The molecule has 0 aromatic heterocycles. The largest absolute Gasteiger partial charge is 0.501 e. The lowest BCUT2D eigenvalue weighted by Gasteiger charge is -2.26. The fourth-order valence-corrected chi connectivity index (χ4v) is 1.72. The third-order valence-corrected chi connectivity index (χ3v) is 3.13. The number of halogens is 2. The normalized spacial score (nSPS) is 13.1. The highest BCUT2D eigenvalue weighted by atomic mass is 19.3. The smallest absolute Gasteiger partial charge is 0.474 e. The predicted molar refractivity (Wildman–Crippen MR) is 77.1 cm³/mol. The average Bonchev–Trinajstić information content (AvgIpc) is 2.25. The van der Waals surface area contributed by atoms with Crippen LogP contribution in [0, 0.1) is 0 Å². The number of carboxylic acid groups (broad SMARTS) is 1. The lowest BCUT2D eigenvalue weighted by molar-refractivity contribution is -0.210. The third-order valence-electron chi connectivity index (χ3n) is 3.13. The van der Waals surface area contributed by atoms with Crippen LogP contribution in [0.2, 0.25) is 0 Å². The van der Waals surface area contributed by atoms with E-state index in [1.165, 1.54) is 12.1 Å². The van der Waals surface area contributed by atoms with Gasteiger partial charge in [-0.25, -0.2) is 4.79 Å². The van der Waals surface area contributed by atoms with Gasteiger partial charge in [0, 0.05) is 0 Å². The highest BCUT2D eigenvalue weighted by Crippen LogP contribution is 2.34. The molecule has 118 valence electrons. The van der Waals surface area contributed by atoms with Crippen molar-refractivity contribution < 1.29 is 23.4 Å². The Bertz CT molecular complexity index is 505. The fraction of sp³-hybridized carbons (Fsp3) is 0.562. The number of carboxylic acids is 1. The van der Waals surface area contributed by atoms with Gasteiger partial charge in [0.05, 0.1) is 0 Å². The lowest BCUT2D eigenvalue weighted by Crippen LogP contribution is -2.35. The third kappa shape index (κ3) is 4.41. The van der Waals surface area contributed by atoms with Crippen LogP contribution in [0.4, 0.5) is 8.78 Å². The molecule has 0 aliphatic rings. The van der Waals surface area contributed by atoms with Crippen molar-refractivity contribution in [1.29, 1.82) is 0 Å². The van der Waals surface area contributed by atoms with Crippen molar-refractivity contribution in [3.05, 3.63) is 29.3 Å². The van der Waals surface area contributed by atoms with E-state index in [-0.39, 0.29) is 16.6 Å². The standard InChI is InChI=1S/C16H22F2O3/c1-14(2,3)10-7-11(15(4,5)6)9-12(8-10)21-16(17,18)13(19)20/h7-9H,1-6H3,(H,19,20). The number of hydrogen-bond donors (Lipinski definition) is 1. The van der Waals surface area contributed by atoms with Crippen molar-refractivity contribution >= 4 is 5.97 Å². The number of aliphatic carboxylic acids is 1. The fourth-order valence-electron chi connectivity index (χ4n) is 1.72. The van der Waals surface area contributed by atoms with E-state index in [4.69, 9.17) is 5.11 Å². The minimum Gasteiger partial charge on any atom is -0.474 e. The molecule has 0 unspecified atom stereocenters. The molecule has 1 aromatic carbocycles. The van der Waals surface area contributed by atoms with Crippen molar-refractivity contribution in [2.75, 3.05) is 0 Å². The van der Waals surface area contributed by atoms with E-state index in [1.54, 1.807) is 0 Å². The first-order valence-corrected chi connectivity index (χ1v) is 6.70. The first-order chi connectivity index (χ1) is 9.23. The van der Waals surface area contributed by atoms with Gasteiger partial charge < -0.3 is 9.84 Å². The summed E-state index contributed by atoms with van der Waals surface area (Å²) in [5.41, 5.74) is 1.09. The van der Waals surface area contributed by atoms with Crippen LogP contribution >= 0.6 is 0 Å². The van der Waals surface area contributed by atoms with Gasteiger partial charge in [-0.2, -0.15) is 8.78 Å². The van der Waals surface area contributed by atoms with Crippen molar-refractivity contribution in [2.45, 2.75) is 58.5 Å². The number of hydrogen-bond acceptors (Lipinski definition) is 2. The Morgan fingerprint density at radius 2 is 1.33 bits per heavy atom. The molecule has 0 saturated carbocycles. The van der Waals surface area contributed by atoms with Crippen molar-refractivity contribution in [3.8, 4) is 5.75 Å². The van der Waals surface area contributed by atoms with Crippen LogP contribution in [-0.4, -0.2) is 17.2 Å². The maximum absolute atomic E-state index is 13.3. The zero-order valence-corrected chi connectivity index (χ0v) is 13.3. The molecular formula is C16H22F2O3. The van der Waals surface area contributed by atoms with Crippen LogP contribution < -0.4 is 4.74 Å². The van der Waals surface area contributed by atoms with E-state index in [2.05, 4.69) is 4.74 Å². The Hall–Kier alpha value is -1.65. The molecule has 3 nitrogen and oxygen atoms in total. The maximum Gasteiger partial charge on any atom is 0.501 e. The van der Waals surface area contributed by atoms with Crippen molar-refractivity contribution in [1.82, 2.24) is 0 Å². The Kier molecular flexibility index (Phi) is 4.37. The number of rotatable bonds is 3. The van der Waals surface area contributed by atoms with Crippen LogP contribution in [0.15, 0.2) is 18.2 Å². The molecule has 0 bridgehead atoms. The van der Waals surface area contributed by atoms with E-state index < -0.39 is 12.1 Å². The summed E-state index contributed by atoms with van der Waals surface area (Å²) in [4.78, 5) is 10.5. The van der Waals surface area contributed by atoms with Crippen molar-refractivity contribution in [2.24, 2.45) is 0 Å². The highest BCUT2D eigenvalue weighted by molar-refractivity contribution is 5.74. The van der Waals surface area contributed by atoms with Gasteiger partial charge in [-0.1, -0.05) is 47.6 Å². The molecule has 0 radical (unpaired) electrons. The summed E-state index contributed by atoms with van der Waals surface area (Å²) < 4.78 is 30.9. The van der Waals surface area contributed by atoms with Gasteiger partial charge in [0.1, 0.15) is 5.75 Å². The maximum atomic E-state index is 13.3. The van der Waals surface area contributed by atoms with Crippen molar-refractivity contribution in [3.63, 3.8) is 0 Å². The second kappa shape index (κ2) is 5.28. The molecular weight excluding hydrogens is 278 g/mol. The predicted octanol–water partition coefficient (Wildman–Crippen LogP) is 4.34. The molecule has 21 heavy (non-hydrogen) atoms. The number of benzene rings is 1. The molecule has 1 rings (SSSR count). The van der Waals surface area contributed by atoms with Gasteiger partial charge in [0.2, 0.25) is 0 Å². The molecule has 0 fully saturated rings. The van der Waals surface area contributed by atoms with Crippen LogP contribution in [0.25, 0.3) is 0 Å². The Morgan fingerprint density at radius 3 is 1.62 bits per heavy atom. The summed E-state index contributed by atoms with van der Waals surface area (Å²) in [6.45, 7) is 11.7. The second-order valence-electron chi connectivity index (χ2n) is 7.17. The van der Waals surface area contributed by atoms with Gasteiger partial charge in [-0.3, -0.25) is 0 Å². The van der Waals surface area contributed by atoms with Gasteiger partial charge in [-0.05, 0) is 34.1 Å². The minimum absolute atomic E-state index is 0.139. The molecule has 5 heteroatoms. The second-order valence-corrected chi connectivity index (χ2v) is 7.17. The Balaban J connectivity index is 3.36. The Morgan fingerprint density at radius 1 is 0.952 bits per heavy atom. The van der Waals surface area contributed by atoms with Gasteiger partial charge in [0.25, 0.3) is 0 Å². The van der Waals surface area contributed by atoms with Gasteiger partial charge in [0.15, 0.2) is 0 Å². The van der Waals surface area contributed by atoms with Gasteiger partial charge >= 0.3 is 12.1 Å². The lowest BCUT2D eigenvalue weighted by atomic mass is 9.80. The summed E-state index contributed by atoms with van der Waals surface area (Å²) in [6.07, 6.45) is -4.24. The van der Waals surface area contributed by atoms with E-state index in [9.17, 15) is 13.6 Å². The molecule has 0 aliphatic carbocycles. The minimum atomic E-state index is -4.24. The molecule has 0 spiro atoms. The highest BCUT2D eigenvalue weighted by Gasteiger charge is 2.42. The quantitative estimate of drug-likeness (QED) is 0.903. The summed E-state index contributed by atoms with van der Waals surface area (Å²) in [5.74, 6) is -2.44. The van der Waals surface area contributed by atoms with Crippen LogP contribution in [0.5, 0.6) is 5.75 Å². The monoisotopic (exact) mass is 300 g/mol. The number of alkyl halides is 2. The zero-order valence-electron chi connectivity index (χ0n) is 13.3. The zero-order chi connectivity index (χ0) is 16.6. The van der Waals surface area contributed by atoms with E-state index in [1.807, 2.05) is 47.6 Å². The van der Waals surface area contributed by atoms with Gasteiger partial charge in [-0.15, -0.1) is 0 Å². The average molecular weight is 300 g/mol. The van der Waals surface area contributed by atoms with Crippen LogP contribution in [-0.2, 0) is 15.6 Å². The SMILES string of the molecule is CC(C)(C)c1cc(OC(F)(F)C(=O)O)cc(C(C)(C)C)c1. The van der Waals surface area contributed by atoms with E-state index >= 15 is 0 Å². The summed E-state index contributed by atoms with van der Waals surface area (Å²) in [7, 11) is 0. The first kappa shape index (κ1) is 17.4. The summed E-state index contributed by atoms with van der Waals surface area (Å²) in [5, 5.41) is 8.49. The molecule has 1 aromatic rings. The van der Waals surface area contributed by atoms with E-state index in [0.29, 0.717) is 0 Å². The summed E-state index contributed by atoms with van der Waals surface area (Å²) in [6, 6.07) is 4.87. The number of ether oxygens (including phenoxy) is 1. The molecule has 0 aliphatic heterocycles.